The van der Waals surface area contributed by atoms with Crippen molar-refractivity contribution in [3.8, 4) is 22.8 Å². The Labute approximate surface area is 230 Å². The summed E-state index contributed by atoms with van der Waals surface area (Å²) < 4.78 is 39.0. The number of nitrogens with zero attached hydrogens (tertiary/aromatic N) is 3. The maximum absolute atomic E-state index is 13.5. The first kappa shape index (κ1) is 25.3. The minimum absolute atomic E-state index is 0.00212. The monoisotopic (exact) mass is 553 g/mol. The lowest BCUT2D eigenvalue weighted by atomic mass is 10.0. The van der Waals surface area contributed by atoms with E-state index in [1.165, 1.54) is 24.3 Å². The molecule has 6 rings (SSSR count). The van der Waals surface area contributed by atoms with E-state index >= 15 is 0 Å². The summed E-state index contributed by atoms with van der Waals surface area (Å²) >= 11 is 0. The molecule has 2 N–H and O–H groups in total. The molecule has 0 spiro atoms. The third-order valence-corrected chi connectivity index (χ3v) is 7.60. The third-order valence-electron chi connectivity index (χ3n) is 6.26. The van der Waals surface area contributed by atoms with E-state index in [4.69, 9.17) is 14.5 Å². The molecule has 11 heteroatoms. The van der Waals surface area contributed by atoms with Gasteiger partial charge in [-0.1, -0.05) is 18.2 Å². The largest absolute Gasteiger partial charge is 0.454 e. The van der Waals surface area contributed by atoms with Gasteiger partial charge in [0.1, 0.15) is 0 Å². The molecule has 3 heterocycles. The van der Waals surface area contributed by atoms with Crippen LogP contribution < -0.4 is 19.5 Å². The molecule has 0 unspecified atom stereocenters. The molecule has 1 aliphatic rings. The minimum Gasteiger partial charge on any atom is -0.454 e. The zero-order valence-electron chi connectivity index (χ0n) is 21.5. The van der Waals surface area contributed by atoms with Crippen LogP contribution in [-0.2, 0) is 10.0 Å². The molecule has 0 saturated carbocycles. The topological polar surface area (TPSA) is 132 Å². The normalized spacial score (nSPS) is 12.3. The number of fused-ring (bicyclic) bond motifs is 2. The number of ether oxygens (including phenoxy) is 2. The van der Waals surface area contributed by atoms with Crippen LogP contribution in [0, 0.1) is 13.8 Å². The van der Waals surface area contributed by atoms with E-state index in [2.05, 4.69) is 20.0 Å². The summed E-state index contributed by atoms with van der Waals surface area (Å²) in [5, 5.41) is 3.54. The Balaban J connectivity index is 1.26. The number of hydrogen-bond donors (Lipinski definition) is 2. The van der Waals surface area contributed by atoms with Gasteiger partial charge in [0.05, 0.1) is 21.7 Å². The second kappa shape index (κ2) is 9.93. The fraction of sp³-hybridized carbons (Fsp3) is 0.103. The van der Waals surface area contributed by atoms with Gasteiger partial charge < -0.3 is 14.8 Å². The average Bonchev–Trinajstić information content (AvgIpc) is 3.40. The molecule has 1 aliphatic heterocycles. The molecule has 10 nitrogen and oxygen atoms in total. The third kappa shape index (κ3) is 5.02. The fourth-order valence-electron chi connectivity index (χ4n) is 4.43. The number of aryl methyl sites for hydroxylation is 2. The van der Waals surface area contributed by atoms with Crippen molar-refractivity contribution >= 4 is 38.5 Å². The van der Waals surface area contributed by atoms with Gasteiger partial charge in [-0.05, 0) is 74.5 Å². The van der Waals surface area contributed by atoms with Crippen LogP contribution in [0.3, 0.4) is 0 Å². The zero-order chi connectivity index (χ0) is 27.9. The van der Waals surface area contributed by atoms with Crippen molar-refractivity contribution in [2.75, 3.05) is 16.8 Å². The molecule has 0 atom stereocenters. The van der Waals surface area contributed by atoms with Gasteiger partial charge in [-0.25, -0.2) is 28.1 Å². The van der Waals surface area contributed by atoms with Crippen LogP contribution in [0.4, 0.5) is 11.6 Å². The van der Waals surface area contributed by atoms with Crippen molar-refractivity contribution in [3.05, 3.63) is 95.8 Å². The SMILES string of the molecule is Cc1cc(C)nc(NS(=O)(=O)c2ccc(NC(=O)c3cc(-c4ccc5c(c4)OCO5)nc4ccccc34)cc2)n1. The number of rotatable bonds is 6. The Morgan fingerprint density at radius 3 is 2.33 bits per heavy atom. The van der Waals surface area contributed by atoms with Gasteiger partial charge in [0.15, 0.2) is 11.5 Å². The molecule has 0 saturated heterocycles. The van der Waals surface area contributed by atoms with Crippen LogP contribution in [0.5, 0.6) is 11.5 Å². The Bertz CT molecular complexity index is 1870. The highest BCUT2D eigenvalue weighted by Gasteiger charge is 2.19. The van der Waals surface area contributed by atoms with Crippen LogP contribution >= 0.6 is 0 Å². The number of carbonyl (C=O) groups is 1. The van der Waals surface area contributed by atoms with Gasteiger partial charge in [0.25, 0.3) is 15.9 Å². The minimum atomic E-state index is -3.93. The number of aromatic nitrogens is 3. The van der Waals surface area contributed by atoms with E-state index in [0.717, 1.165) is 5.56 Å². The highest BCUT2D eigenvalue weighted by Crippen LogP contribution is 2.36. The van der Waals surface area contributed by atoms with Crippen LogP contribution in [0.1, 0.15) is 21.7 Å². The van der Waals surface area contributed by atoms with E-state index in [1.54, 1.807) is 26.0 Å². The van der Waals surface area contributed by atoms with Crippen molar-refractivity contribution in [1.82, 2.24) is 15.0 Å². The quantitative estimate of drug-likeness (QED) is 0.297. The molecular weight excluding hydrogens is 530 g/mol. The molecule has 2 aromatic heterocycles. The lowest BCUT2D eigenvalue weighted by Gasteiger charge is -2.12. The average molecular weight is 554 g/mol. The summed E-state index contributed by atoms with van der Waals surface area (Å²) in [6.45, 7) is 3.68. The Morgan fingerprint density at radius 1 is 0.825 bits per heavy atom. The molecule has 1 amide bonds. The van der Waals surface area contributed by atoms with Crippen LogP contribution in [0.2, 0.25) is 0 Å². The van der Waals surface area contributed by atoms with Crippen molar-refractivity contribution in [2.24, 2.45) is 0 Å². The number of benzene rings is 3. The number of pyridine rings is 1. The number of anilines is 2. The highest BCUT2D eigenvalue weighted by molar-refractivity contribution is 7.92. The van der Waals surface area contributed by atoms with Gasteiger partial charge in [-0.3, -0.25) is 4.79 Å². The van der Waals surface area contributed by atoms with Gasteiger partial charge in [0, 0.05) is 28.0 Å². The molecule has 0 aliphatic carbocycles. The van der Waals surface area contributed by atoms with E-state index < -0.39 is 10.0 Å². The summed E-state index contributed by atoms with van der Waals surface area (Å²) in [6.07, 6.45) is 0. The van der Waals surface area contributed by atoms with Crippen LogP contribution in [-0.4, -0.2) is 36.1 Å². The molecule has 5 aromatic rings. The summed E-state index contributed by atoms with van der Waals surface area (Å²) in [4.78, 5) is 26.5. The summed E-state index contributed by atoms with van der Waals surface area (Å²) in [5.74, 6) is 0.910. The van der Waals surface area contributed by atoms with E-state index in [9.17, 15) is 13.2 Å². The van der Waals surface area contributed by atoms with E-state index in [0.29, 0.717) is 50.7 Å². The number of amides is 1. The highest BCUT2D eigenvalue weighted by atomic mass is 32.2. The van der Waals surface area contributed by atoms with E-state index in [-0.39, 0.29) is 23.5 Å². The second-order valence-corrected chi connectivity index (χ2v) is 10.9. The maximum Gasteiger partial charge on any atom is 0.264 e. The smallest absolute Gasteiger partial charge is 0.264 e. The van der Waals surface area contributed by atoms with E-state index in [1.807, 2.05) is 42.5 Å². The summed E-state index contributed by atoms with van der Waals surface area (Å²) in [7, 11) is -3.93. The van der Waals surface area contributed by atoms with Gasteiger partial charge in [-0.15, -0.1) is 0 Å². The predicted molar refractivity (Wildman–Crippen MR) is 150 cm³/mol. The number of carbonyl (C=O) groups excluding carboxylic acids is 1. The number of para-hydroxylation sites is 1. The molecule has 3 aromatic carbocycles. The van der Waals surface area contributed by atoms with Crippen LogP contribution in [0.15, 0.2) is 83.8 Å². The van der Waals surface area contributed by atoms with Crippen molar-refractivity contribution in [3.63, 3.8) is 0 Å². The van der Waals surface area contributed by atoms with Gasteiger partial charge in [-0.2, -0.15) is 0 Å². The first-order chi connectivity index (χ1) is 19.2. The zero-order valence-corrected chi connectivity index (χ0v) is 22.3. The number of hydrogen-bond acceptors (Lipinski definition) is 8. The summed E-state index contributed by atoms with van der Waals surface area (Å²) in [5.41, 5.74) is 4.17. The molecule has 0 radical (unpaired) electrons. The fourth-order valence-corrected chi connectivity index (χ4v) is 5.38. The number of sulfonamides is 1. The molecular formula is C29H23N5O5S. The Morgan fingerprint density at radius 2 is 1.55 bits per heavy atom. The number of nitrogens with one attached hydrogen (secondary N) is 2. The van der Waals surface area contributed by atoms with Gasteiger partial charge in [0.2, 0.25) is 12.7 Å². The standard InChI is InChI=1S/C29H23N5O5S/c1-17-13-18(2)31-29(30-17)34-40(36,37)21-10-8-20(9-11-21)32-28(35)23-15-25(33-24-6-4-3-5-22(23)24)19-7-12-26-27(14-19)39-16-38-26/h3-15H,16H2,1-2H3,(H,32,35)(H,30,31,34). The summed E-state index contributed by atoms with van der Waals surface area (Å²) in [6, 6.07) is 22.2. The lowest BCUT2D eigenvalue weighted by molar-refractivity contribution is 0.102. The Kier molecular flexibility index (Phi) is 6.27. The predicted octanol–water partition coefficient (Wildman–Crippen LogP) is 5.09. The Hall–Kier alpha value is -5.03. The maximum atomic E-state index is 13.5. The lowest BCUT2D eigenvalue weighted by Crippen LogP contribution is -2.16. The first-order valence-electron chi connectivity index (χ1n) is 12.3. The molecule has 200 valence electrons. The van der Waals surface area contributed by atoms with Crippen molar-refractivity contribution < 1.29 is 22.7 Å². The van der Waals surface area contributed by atoms with Crippen molar-refractivity contribution in [1.29, 1.82) is 0 Å². The van der Waals surface area contributed by atoms with Gasteiger partial charge >= 0.3 is 0 Å². The second-order valence-electron chi connectivity index (χ2n) is 9.20. The van der Waals surface area contributed by atoms with Crippen LogP contribution in [0.25, 0.3) is 22.2 Å². The van der Waals surface area contributed by atoms with Crippen molar-refractivity contribution in [2.45, 2.75) is 18.7 Å². The molecule has 0 bridgehead atoms. The molecule has 0 fully saturated rings. The molecule has 40 heavy (non-hydrogen) atoms. The first-order valence-corrected chi connectivity index (χ1v) is 13.8.